The number of rotatable bonds is 7. The second-order valence-electron chi connectivity index (χ2n) is 8.07. The van der Waals surface area contributed by atoms with Gasteiger partial charge in [0.1, 0.15) is 0 Å². The summed E-state index contributed by atoms with van der Waals surface area (Å²) in [5.74, 6) is 0.590. The van der Waals surface area contributed by atoms with Crippen molar-refractivity contribution < 1.29 is 0 Å². The molecule has 0 saturated heterocycles. The summed E-state index contributed by atoms with van der Waals surface area (Å²) < 4.78 is 0. The number of aliphatic imine (C=N–C) groups is 1. The number of hydrogen-bond donors (Lipinski definition) is 1. The lowest BCUT2D eigenvalue weighted by molar-refractivity contribution is 1.06. The van der Waals surface area contributed by atoms with E-state index in [0.29, 0.717) is 12.5 Å². The fraction of sp³-hybridized carbons (Fsp3) is 0.200. The van der Waals surface area contributed by atoms with Crippen LogP contribution in [0.15, 0.2) is 84.6 Å². The van der Waals surface area contributed by atoms with Crippen LogP contribution >= 0.6 is 0 Å². The molecule has 4 aromatic rings. The third kappa shape index (κ3) is 7.18. The number of nitrogens with one attached hydrogen (secondary N) is 1. The van der Waals surface area contributed by atoms with Crippen LogP contribution in [0.3, 0.4) is 0 Å². The molecule has 0 spiro atoms. The van der Waals surface area contributed by atoms with Crippen LogP contribution in [-0.4, -0.2) is 21.2 Å². The lowest BCUT2D eigenvalue weighted by Crippen LogP contribution is -2.04. The smallest absolute Gasteiger partial charge is 0.223 e. The van der Waals surface area contributed by atoms with E-state index in [-0.39, 0.29) is 0 Å². The maximum atomic E-state index is 4.68. The number of aryl methyl sites for hydroxylation is 1. The summed E-state index contributed by atoms with van der Waals surface area (Å²) >= 11 is 0. The van der Waals surface area contributed by atoms with Crippen molar-refractivity contribution in [2.45, 2.75) is 40.7 Å². The van der Waals surface area contributed by atoms with Gasteiger partial charge in [0.15, 0.2) is 0 Å². The first-order valence-electron chi connectivity index (χ1n) is 11.9. The van der Waals surface area contributed by atoms with Gasteiger partial charge in [0.2, 0.25) is 5.95 Å². The highest BCUT2D eigenvalue weighted by Crippen LogP contribution is 2.27. The highest BCUT2D eigenvalue weighted by Gasteiger charge is 2.06. The molecule has 2 aromatic heterocycles. The molecule has 5 nitrogen and oxygen atoms in total. The van der Waals surface area contributed by atoms with Crippen molar-refractivity contribution in [2.75, 3.05) is 5.32 Å². The van der Waals surface area contributed by atoms with Crippen LogP contribution in [0.2, 0.25) is 0 Å². The van der Waals surface area contributed by atoms with Gasteiger partial charge in [-0.05, 0) is 60.9 Å². The number of aromatic nitrogens is 3. The Morgan fingerprint density at radius 1 is 0.886 bits per heavy atom. The van der Waals surface area contributed by atoms with E-state index in [4.69, 9.17) is 0 Å². The Morgan fingerprint density at radius 3 is 2.29 bits per heavy atom. The van der Waals surface area contributed by atoms with Crippen molar-refractivity contribution in [2.24, 2.45) is 4.99 Å². The molecule has 1 N–H and O–H groups in total. The van der Waals surface area contributed by atoms with Crippen LogP contribution in [-0.2, 0) is 6.54 Å². The molecule has 4 rings (SSSR count). The summed E-state index contributed by atoms with van der Waals surface area (Å²) in [5.41, 5.74) is 8.22. The largest absolute Gasteiger partial charge is 0.350 e. The summed E-state index contributed by atoms with van der Waals surface area (Å²) in [6, 6.07) is 20.5. The van der Waals surface area contributed by atoms with Gasteiger partial charge in [-0.15, -0.1) is 0 Å². The first-order chi connectivity index (χ1) is 17.1. The van der Waals surface area contributed by atoms with E-state index in [1.807, 2.05) is 56.5 Å². The van der Waals surface area contributed by atoms with E-state index in [0.717, 1.165) is 33.8 Å². The molecule has 0 radical (unpaired) electrons. The highest BCUT2D eigenvalue weighted by atomic mass is 15.1. The lowest BCUT2D eigenvalue weighted by Gasteiger charge is -2.09. The average molecular weight is 464 g/mol. The minimum Gasteiger partial charge on any atom is -0.350 e. The second-order valence-corrected chi connectivity index (χ2v) is 8.07. The van der Waals surface area contributed by atoms with Crippen LogP contribution in [0.5, 0.6) is 0 Å². The molecular weight excluding hydrogens is 430 g/mol. The minimum absolute atomic E-state index is 0.590. The van der Waals surface area contributed by atoms with Crippen molar-refractivity contribution in [3.05, 3.63) is 96.5 Å². The zero-order valence-electron chi connectivity index (χ0n) is 21.0. The Balaban J connectivity index is 0.00000108. The minimum atomic E-state index is 0.590. The maximum absolute atomic E-state index is 4.68. The zero-order chi connectivity index (χ0) is 25.0. The van der Waals surface area contributed by atoms with Crippen molar-refractivity contribution in [1.82, 2.24) is 15.0 Å². The summed E-state index contributed by atoms with van der Waals surface area (Å²) in [6.45, 7) is 12.7. The van der Waals surface area contributed by atoms with E-state index < -0.39 is 0 Å². The standard InChI is InChI=1S/C27H25N5.C3H8/c1-4-21-17-24(10-11-25(21)28-5-2)26-13-15-30-27(32-26)31-18-20-6-8-22(9-7-20)23-12-14-29-19(3)16-23;1-3-2/h4-17H,1,18H2,2-3H3,(H,30,31,32);3H2,1-2H3. The van der Waals surface area contributed by atoms with E-state index in [2.05, 4.69) is 76.0 Å². The fourth-order valence-corrected chi connectivity index (χ4v) is 3.46. The van der Waals surface area contributed by atoms with Crippen LogP contribution in [0.25, 0.3) is 28.5 Å². The van der Waals surface area contributed by atoms with Gasteiger partial charge in [0.05, 0.1) is 11.4 Å². The monoisotopic (exact) mass is 463 g/mol. The van der Waals surface area contributed by atoms with Gasteiger partial charge in [0, 0.05) is 42.0 Å². The van der Waals surface area contributed by atoms with Crippen LogP contribution < -0.4 is 5.32 Å². The van der Waals surface area contributed by atoms with Gasteiger partial charge in [-0.1, -0.05) is 63.3 Å². The maximum Gasteiger partial charge on any atom is 0.223 e. The van der Waals surface area contributed by atoms with Crippen LogP contribution in [0.1, 0.15) is 44.0 Å². The van der Waals surface area contributed by atoms with Gasteiger partial charge in [-0.25, -0.2) is 9.97 Å². The van der Waals surface area contributed by atoms with E-state index in [1.54, 1.807) is 12.4 Å². The van der Waals surface area contributed by atoms with Crippen molar-refractivity contribution in [3.8, 4) is 22.4 Å². The molecule has 178 valence electrons. The zero-order valence-corrected chi connectivity index (χ0v) is 21.0. The number of nitrogens with zero attached hydrogens (tertiary/aromatic N) is 4. The molecule has 5 heteroatoms. The summed E-state index contributed by atoms with van der Waals surface area (Å²) in [5, 5.41) is 3.32. The molecule has 2 heterocycles. The number of benzene rings is 2. The Kier molecular flexibility index (Phi) is 9.43. The van der Waals surface area contributed by atoms with Crippen LogP contribution in [0.4, 0.5) is 11.6 Å². The van der Waals surface area contributed by atoms with Gasteiger partial charge >= 0.3 is 0 Å². The van der Waals surface area contributed by atoms with Crippen LogP contribution in [0, 0.1) is 6.92 Å². The molecule has 0 atom stereocenters. The van der Waals surface area contributed by atoms with E-state index in [9.17, 15) is 0 Å². The van der Waals surface area contributed by atoms with E-state index >= 15 is 0 Å². The molecule has 0 aliphatic rings. The Labute approximate surface area is 208 Å². The lowest BCUT2D eigenvalue weighted by atomic mass is 10.0. The molecule has 2 aromatic carbocycles. The highest BCUT2D eigenvalue weighted by molar-refractivity contribution is 5.74. The van der Waals surface area contributed by atoms with Crippen molar-refractivity contribution in [3.63, 3.8) is 0 Å². The molecule has 0 saturated carbocycles. The molecule has 0 aliphatic heterocycles. The van der Waals surface area contributed by atoms with Gasteiger partial charge in [0.25, 0.3) is 0 Å². The third-order valence-corrected chi connectivity index (χ3v) is 5.10. The number of anilines is 1. The summed E-state index contributed by atoms with van der Waals surface area (Å²) in [6.07, 6.45) is 8.45. The van der Waals surface area contributed by atoms with Crippen molar-refractivity contribution >= 4 is 23.9 Å². The average Bonchev–Trinajstić information content (AvgIpc) is 2.89. The molecule has 0 amide bonds. The quantitative estimate of drug-likeness (QED) is 0.283. The molecular formula is C30H33N5. The Morgan fingerprint density at radius 2 is 1.60 bits per heavy atom. The second kappa shape index (κ2) is 12.9. The van der Waals surface area contributed by atoms with Gasteiger partial charge in [-0.2, -0.15) is 0 Å². The Hall–Kier alpha value is -4.12. The predicted molar refractivity (Wildman–Crippen MR) is 149 cm³/mol. The first-order valence-corrected chi connectivity index (χ1v) is 11.9. The molecule has 35 heavy (non-hydrogen) atoms. The van der Waals surface area contributed by atoms with Gasteiger partial charge < -0.3 is 5.32 Å². The van der Waals surface area contributed by atoms with Crippen molar-refractivity contribution in [1.29, 1.82) is 0 Å². The summed E-state index contributed by atoms with van der Waals surface area (Å²) in [4.78, 5) is 17.7. The SMILES string of the molecule is C=Cc1cc(-c2ccnc(NCc3ccc(-c4ccnc(C)c4)cc3)n2)ccc1N=CC.CCC. The summed E-state index contributed by atoms with van der Waals surface area (Å²) in [7, 11) is 0. The molecule has 0 aliphatic carbocycles. The number of hydrogen-bond acceptors (Lipinski definition) is 5. The predicted octanol–water partition coefficient (Wildman–Crippen LogP) is 7.91. The first kappa shape index (κ1) is 25.5. The third-order valence-electron chi connectivity index (χ3n) is 5.10. The molecule has 0 unspecified atom stereocenters. The topological polar surface area (TPSA) is 63.1 Å². The fourth-order valence-electron chi connectivity index (χ4n) is 3.46. The van der Waals surface area contributed by atoms with Gasteiger partial charge in [-0.3, -0.25) is 9.98 Å². The number of pyridine rings is 1. The molecule has 0 bridgehead atoms. The Bertz CT molecular complexity index is 1280. The molecule has 0 fully saturated rings. The normalized spacial score (nSPS) is 10.5. The van der Waals surface area contributed by atoms with E-state index in [1.165, 1.54) is 17.5 Å².